The maximum absolute atomic E-state index is 13.2. The molecule has 1 aromatic heterocycles. The molecule has 1 heterocycles. The summed E-state index contributed by atoms with van der Waals surface area (Å²) in [7, 11) is 0. The molecule has 8 heteroatoms. The predicted octanol–water partition coefficient (Wildman–Crippen LogP) is 4.45. The van der Waals surface area contributed by atoms with Crippen molar-refractivity contribution >= 4 is 17.4 Å². The lowest BCUT2D eigenvalue weighted by Crippen LogP contribution is -2.28. The van der Waals surface area contributed by atoms with Gasteiger partial charge in [-0.15, -0.1) is 0 Å². The summed E-state index contributed by atoms with van der Waals surface area (Å²) in [5, 5.41) is 20.8. The van der Waals surface area contributed by atoms with Crippen LogP contribution in [-0.4, -0.2) is 22.1 Å². The lowest BCUT2D eigenvalue weighted by atomic mass is 10.0. The number of carbonyl (C=O) groups excluding carboxylic acids is 1. The predicted molar refractivity (Wildman–Crippen MR) is 118 cm³/mol. The number of benzene rings is 2. The zero-order valence-electron chi connectivity index (χ0n) is 17.7. The van der Waals surface area contributed by atoms with E-state index in [4.69, 9.17) is 16.3 Å². The molecule has 0 amide bonds. The van der Waals surface area contributed by atoms with Crippen molar-refractivity contribution in [3.8, 4) is 17.7 Å². The monoisotopic (exact) mass is 454 g/mol. The minimum absolute atomic E-state index is 0.0717. The smallest absolute Gasteiger partial charge is 0.271 e. The van der Waals surface area contributed by atoms with E-state index in [-0.39, 0.29) is 23.2 Å². The van der Waals surface area contributed by atoms with E-state index in [1.165, 1.54) is 31.2 Å². The Kier molecular flexibility index (Phi) is 6.66. The molecule has 0 atom stereocenters. The molecular formula is C24H20ClFN2O4. The van der Waals surface area contributed by atoms with E-state index in [1.807, 2.05) is 13.8 Å². The van der Waals surface area contributed by atoms with E-state index >= 15 is 0 Å². The molecule has 0 aliphatic heterocycles. The second-order valence-electron chi connectivity index (χ2n) is 7.41. The highest BCUT2D eigenvalue weighted by atomic mass is 35.5. The number of aryl methyl sites for hydroxylation is 2. The van der Waals surface area contributed by atoms with Crippen LogP contribution in [-0.2, 0) is 6.54 Å². The Bertz CT molecular complexity index is 1280. The highest BCUT2D eigenvalue weighted by Crippen LogP contribution is 2.27. The molecule has 164 valence electrons. The Hall–Kier alpha value is -3.63. The molecular weight excluding hydrogens is 435 g/mol. The fourth-order valence-electron chi connectivity index (χ4n) is 3.41. The molecule has 0 spiro atoms. The van der Waals surface area contributed by atoms with Crippen molar-refractivity contribution in [3.63, 3.8) is 0 Å². The van der Waals surface area contributed by atoms with Gasteiger partial charge in [0.1, 0.15) is 23.2 Å². The van der Waals surface area contributed by atoms with Crippen LogP contribution in [0.25, 0.3) is 0 Å². The third-order valence-corrected chi connectivity index (χ3v) is 5.71. The summed E-state index contributed by atoms with van der Waals surface area (Å²) in [4.78, 5) is 25.7. The molecule has 2 aromatic carbocycles. The number of ether oxygens (including phenoxy) is 1. The van der Waals surface area contributed by atoms with Crippen LogP contribution in [0.1, 0.15) is 38.2 Å². The summed E-state index contributed by atoms with van der Waals surface area (Å²) >= 11 is 6.15. The number of nitriles is 1. The first-order chi connectivity index (χ1) is 15.1. The molecule has 6 nitrogen and oxygen atoms in total. The molecule has 3 rings (SSSR count). The van der Waals surface area contributed by atoms with Crippen LogP contribution in [0.2, 0.25) is 5.02 Å². The van der Waals surface area contributed by atoms with Crippen LogP contribution in [0.3, 0.4) is 0 Å². The van der Waals surface area contributed by atoms with E-state index < -0.39 is 29.6 Å². The molecule has 0 unspecified atom stereocenters. The summed E-state index contributed by atoms with van der Waals surface area (Å²) in [6.45, 7) is 4.48. The van der Waals surface area contributed by atoms with Gasteiger partial charge in [-0.2, -0.15) is 5.26 Å². The standard InChI is InChI=1S/C24H20ClFN2O4/c1-13-8-18(9-14(2)22(13)25)32-12-20(29)21-15(3)19(10-27)23(30)28(24(21)31)11-16-4-6-17(26)7-5-16/h4-9,31H,11-12H2,1-3H3. The van der Waals surface area contributed by atoms with Crippen molar-refractivity contribution in [3.05, 3.63) is 91.0 Å². The molecule has 0 saturated heterocycles. The van der Waals surface area contributed by atoms with Crippen LogP contribution in [0.5, 0.6) is 11.6 Å². The van der Waals surface area contributed by atoms with Crippen molar-refractivity contribution < 1.29 is 19.0 Å². The Morgan fingerprint density at radius 3 is 2.34 bits per heavy atom. The summed E-state index contributed by atoms with van der Waals surface area (Å²) < 4.78 is 19.7. The molecule has 0 aliphatic carbocycles. The number of aromatic hydroxyl groups is 1. The maximum atomic E-state index is 13.2. The molecule has 0 aliphatic rings. The zero-order chi connectivity index (χ0) is 23.6. The number of pyridine rings is 1. The summed E-state index contributed by atoms with van der Waals surface area (Å²) in [5.74, 6) is -1.20. The SMILES string of the molecule is Cc1cc(OCC(=O)c2c(C)c(C#N)c(=O)n(Cc3ccc(F)cc3)c2O)cc(C)c1Cl. The van der Waals surface area contributed by atoms with Gasteiger partial charge in [0.25, 0.3) is 5.56 Å². The van der Waals surface area contributed by atoms with Gasteiger partial charge in [-0.1, -0.05) is 23.7 Å². The van der Waals surface area contributed by atoms with Gasteiger partial charge in [-0.05, 0) is 67.3 Å². The Morgan fingerprint density at radius 2 is 1.78 bits per heavy atom. The lowest BCUT2D eigenvalue weighted by Gasteiger charge is -2.16. The van der Waals surface area contributed by atoms with Gasteiger partial charge in [0.05, 0.1) is 12.1 Å². The van der Waals surface area contributed by atoms with E-state index in [1.54, 1.807) is 18.2 Å². The Morgan fingerprint density at radius 1 is 1.19 bits per heavy atom. The number of hydrogen-bond donors (Lipinski definition) is 1. The third-order valence-electron chi connectivity index (χ3n) is 5.11. The van der Waals surface area contributed by atoms with E-state index in [0.29, 0.717) is 16.3 Å². The molecule has 0 bridgehead atoms. The topological polar surface area (TPSA) is 92.3 Å². The number of ketones is 1. The van der Waals surface area contributed by atoms with E-state index in [0.717, 1.165) is 15.7 Å². The highest BCUT2D eigenvalue weighted by Gasteiger charge is 2.24. The lowest BCUT2D eigenvalue weighted by molar-refractivity contribution is 0.0916. The number of halogens is 2. The first kappa shape index (κ1) is 23.0. The fourth-order valence-corrected chi connectivity index (χ4v) is 3.52. The van der Waals surface area contributed by atoms with Gasteiger partial charge in [-0.3, -0.25) is 14.2 Å². The van der Waals surface area contributed by atoms with Gasteiger partial charge < -0.3 is 9.84 Å². The number of aromatic nitrogens is 1. The molecule has 3 aromatic rings. The molecule has 0 saturated carbocycles. The van der Waals surface area contributed by atoms with Crippen LogP contribution < -0.4 is 10.3 Å². The van der Waals surface area contributed by atoms with Crippen molar-refractivity contribution in [1.29, 1.82) is 5.26 Å². The van der Waals surface area contributed by atoms with Crippen molar-refractivity contribution in [1.82, 2.24) is 4.57 Å². The third kappa shape index (κ3) is 4.51. The minimum atomic E-state index is -0.742. The van der Waals surface area contributed by atoms with Crippen LogP contribution in [0.4, 0.5) is 4.39 Å². The average molecular weight is 455 g/mol. The number of nitrogens with zero attached hydrogens (tertiary/aromatic N) is 2. The quantitative estimate of drug-likeness (QED) is 0.555. The summed E-state index contributed by atoms with van der Waals surface area (Å²) in [6.07, 6.45) is 0. The van der Waals surface area contributed by atoms with Crippen LogP contribution in [0, 0.1) is 37.9 Å². The normalized spacial score (nSPS) is 10.6. The molecule has 1 N–H and O–H groups in total. The summed E-state index contributed by atoms with van der Waals surface area (Å²) in [6, 6.07) is 10.5. The van der Waals surface area contributed by atoms with Gasteiger partial charge in [0.15, 0.2) is 6.61 Å². The van der Waals surface area contributed by atoms with Gasteiger partial charge in [0.2, 0.25) is 11.7 Å². The Labute approximate surface area is 189 Å². The van der Waals surface area contributed by atoms with E-state index in [2.05, 4.69) is 0 Å². The van der Waals surface area contributed by atoms with Gasteiger partial charge >= 0.3 is 0 Å². The number of Topliss-reactive ketones (excluding diaryl/α,β-unsaturated/α-hetero) is 1. The fraction of sp³-hybridized carbons (Fsp3) is 0.208. The average Bonchev–Trinajstić information content (AvgIpc) is 2.75. The van der Waals surface area contributed by atoms with Crippen LogP contribution >= 0.6 is 11.6 Å². The summed E-state index contributed by atoms with van der Waals surface area (Å²) in [5.41, 5.74) is 0.978. The number of carbonyl (C=O) groups is 1. The van der Waals surface area contributed by atoms with Gasteiger partial charge in [0, 0.05) is 5.02 Å². The zero-order valence-corrected chi connectivity index (χ0v) is 18.5. The van der Waals surface area contributed by atoms with Crippen LogP contribution in [0.15, 0.2) is 41.2 Å². The second-order valence-corrected chi connectivity index (χ2v) is 7.79. The van der Waals surface area contributed by atoms with Gasteiger partial charge in [-0.25, -0.2) is 4.39 Å². The first-order valence-corrected chi connectivity index (χ1v) is 10.1. The van der Waals surface area contributed by atoms with Crippen molar-refractivity contribution in [2.45, 2.75) is 27.3 Å². The minimum Gasteiger partial charge on any atom is -0.494 e. The molecule has 0 fully saturated rings. The first-order valence-electron chi connectivity index (χ1n) is 9.67. The Balaban J connectivity index is 1.98. The van der Waals surface area contributed by atoms with E-state index in [9.17, 15) is 24.3 Å². The highest BCUT2D eigenvalue weighted by molar-refractivity contribution is 6.32. The second kappa shape index (κ2) is 9.25. The number of hydrogen-bond acceptors (Lipinski definition) is 5. The maximum Gasteiger partial charge on any atom is 0.271 e. The van der Waals surface area contributed by atoms with Crippen molar-refractivity contribution in [2.75, 3.05) is 6.61 Å². The van der Waals surface area contributed by atoms with Crippen molar-refractivity contribution in [2.24, 2.45) is 0 Å². The number of rotatable bonds is 6. The largest absolute Gasteiger partial charge is 0.494 e. The molecule has 32 heavy (non-hydrogen) atoms. The molecule has 0 radical (unpaired) electrons.